The molecule has 0 atom stereocenters. The van der Waals surface area contributed by atoms with Crippen LogP contribution in [0.1, 0.15) is 26.2 Å². The molecule has 0 aromatic heterocycles. The topological polar surface area (TPSA) is 66.5 Å². The first-order valence-electron chi connectivity index (χ1n) is 6.58. The molecule has 0 aromatic rings. The Morgan fingerprint density at radius 2 is 1.94 bits per heavy atom. The predicted octanol–water partition coefficient (Wildman–Crippen LogP) is 0.269. The van der Waals surface area contributed by atoms with E-state index < -0.39 is 9.84 Å². The summed E-state index contributed by atoms with van der Waals surface area (Å²) in [7, 11) is -3.23. The second kappa shape index (κ2) is 7.09. The van der Waals surface area contributed by atoms with Crippen LogP contribution in [0.2, 0.25) is 0 Å². The number of carbonyl (C=O) groups excluding carboxylic acids is 1. The third-order valence-corrected chi connectivity index (χ3v) is 3.94. The van der Waals surface area contributed by atoms with E-state index in [1.54, 1.807) is 4.90 Å². The Balaban J connectivity index is 2.54. The zero-order valence-corrected chi connectivity index (χ0v) is 12.1. The molecule has 1 N–H and O–H groups in total. The van der Waals surface area contributed by atoms with Gasteiger partial charge in [0.05, 0.1) is 0 Å². The molecule has 106 valence electrons. The van der Waals surface area contributed by atoms with Crippen molar-refractivity contribution in [2.45, 2.75) is 26.2 Å². The van der Waals surface area contributed by atoms with Gasteiger partial charge in [0.15, 0.2) is 9.84 Å². The van der Waals surface area contributed by atoms with Crippen LogP contribution < -0.4 is 5.32 Å². The van der Waals surface area contributed by atoms with Crippen LogP contribution in [0.25, 0.3) is 0 Å². The third-order valence-electron chi connectivity index (χ3n) is 3.17. The highest BCUT2D eigenvalue weighted by Gasteiger charge is 2.22. The lowest BCUT2D eigenvalue weighted by molar-refractivity contribution is -0.129. The van der Waals surface area contributed by atoms with E-state index in [0.717, 1.165) is 38.6 Å². The molecule has 1 saturated heterocycles. The number of amides is 1. The number of nitrogens with zero attached hydrogens (tertiary/aromatic N) is 1. The van der Waals surface area contributed by atoms with E-state index in [1.807, 2.05) is 6.92 Å². The maximum absolute atomic E-state index is 12.0. The summed E-state index contributed by atoms with van der Waals surface area (Å²) in [6, 6.07) is 0. The van der Waals surface area contributed by atoms with Crippen LogP contribution in [0.4, 0.5) is 0 Å². The first-order chi connectivity index (χ1) is 8.42. The second-order valence-electron chi connectivity index (χ2n) is 5.10. The van der Waals surface area contributed by atoms with Gasteiger partial charge in [0, 0.05) is 19.3 Å². The molecule has 5 nitrogen and oxygen atoms in total. The standard InChI is InChI=1S/C12H24N2O3S/c1-3-8-14(12(15)10-18(2,16)17)9-11-4-6-13-7-5-11/h11,13H,3-10H2,1-2H3. The first kappa shape index (κ1) is 15.4. The highest BCUT2D eigenvalue weighted by atomic mass is 32.2. The second-order valence-corrected chi connectivity index (χ2v) is 7.24. The number of nitrogens with one attached hydrogen (secondary N) is 1. The van der Waals surface area contributed by atoms with Crippen molar-refractivity contribution < 1.29 is 13.2 Å². The average molecular weight is 276 g/mol. The van der Waals surface area contributed by atoms with Gasteiger partial charge < -0.3 is 10.2 Å². The minimum Gasteiger partial charge on any atom is -0.342 e. The summed E-state index contributed by atoms with van der Waals surface area (Å²) in [5.74, 6) is -0.114. The third kappa shape index (κ3) is 5.82. The molecule has 18 heavy (non-hydrogen) atoms. The molecule has 6 heteroatoms. The Kier molecular flexibility index (Phi) is 6.08. The average Bonchev–Trinajstić information content (AvgIpc) is 2.27. The van der Waals surface area contributed by atoms with E-state index >= 15 is 0 Å². The van der Waals surface area contributed by atoms with Crippen LogP contribution in [0.3, 0.4) is 0 Å². The lowest BCUT2D eigenvalue weighted by atomic mass is 9.97. The molecule has 0 aliphatic carbocycles. The van der Waals surface area contributed by atoms with Gasteiger partial charge in [0.25, 0.3) is 0 Å². The number of piperidine rings is 1. The zero-order chi connectivity index (χ0) is 13.6. The number of hydrogen-bond donors (Lipinski definition) is 1. The molecular formula is C12H24N2O3S. The summed E-state index contributed by atoms with van der Waals surface area (Å²) in [6.07, 6.45) is 4.10. The molecular weight excluding hydrogens is 252 g/mol. The lowest BCUT2D eigenvalue weighted by Gasteiger charge is -2.30. The normalized spacial score (nSPS) is 17.7. The minimum atomic E-state index is -3.23. The van der Waals surface area contributed by atoms with Crippen molar-refractivity contribution in [1.29, 1.82) is 0 Å². The van der Waals surface area contributed by atoms with E-state index in [0.29, 0.717) is 19.0 Å². The molecule has 1 rings (SSSR count). The van der Waals surface area contributed by atoms with Crippen LogP contribution in [0.15, 0.2) is 0 Å². The van der Waals surface area contributed by atoms with Crippen molar-refractivity contribution in [3.63, 3.8) is 0 Å². The summed E-state index contributed by atoms with van der Waals surface area (Å²) in [4.78, 5) is 13.7. The van der Waals surface area contributed by atoms with Gasteiger partial charge in [-0.2, -0.15) is 0 Å². The molecule has 0 bridgehead atoms. The fourth-order valence-corrected chi connectivity index (χ4v) is 2.91. The van der Waals surface area contributed by atoms with Gasteiger partial charge in [-0.15, -0.1) is 0 Å². The maximum Gasteiger partial charge on any atom is 0.237 e. The molecule has 1 fully saturated rings. The fraction of sp³-hybridized carbons (Fsp3) is 0.917. The smallest absolute Gasteiger partial charge is 0.237 e. The molecule has 1 amide bonds. The highest BCUT2D eigenvalue weighted by Crippen LogP contribution is 2.14. The molecule has 0 spiro atoms. The minimum absolute atomic E-state index is 0.252. The van der Waals surface area contributed by atoms with Crippen LogP contribution in [-0.2, 0) is 14.6 Å². The summed E-state index contributed by atoms with van der Waals surface area (Å²) in [5.41, 5.74) is 0. The Morgan fingerprint density at radius 1 is 1.33 bits per heavy atom. The van der Waals surface area contributed by atoms with Gasteiger partial charge >= 0.3 is 0 Å². The molecule has 1 aliphatic heterocycles. The SMILES string of the molecule is CCCN(CC1CCNCC1)C(=O)CS(C)(=O)=O. The van der Waals surface area contributed by atoms with E-state index in [-0.39, 0.29) is 11.7 Å². The molecule has 0 aromatic carbocycles. The van der Waals surface area contributed by atoms with Crippen LogP contribution in [0.5, 0.6) is 0 Å². The Labute approximate surface area is 110 Å². The molecule has 0 radical (unpaired) electrons. The van der Waals surface area contributed by atoms with Gasteiger partial charge in [-0.1, -0.05) is 6.92 Å². The van der Waals surface area contributed by atoms with E-state index in [9.17, 15) is 13.2 Å². The Morgan fingerprint density at radius 3 is 2.44 bits per heavy atom. The van der Waals surface area contributed by atoms with E-state index in [2.05, 4.69) is 5.32 Å². The summed E-state index contributed by atoms with van der Waals surface area (Å²) < 4.78 is 22.4. The van der Waals surface area contributed by atoms with Gasteiger partial charge in [-0.3, -0.25) is 4.79 Å². The molecule has 0 unspecified atom stereocenters. The first-order valence-corrected chi connectivity index (χ1v) is 8.64. The molecule has 1 heterocycles. The predicted molar refractivity (Wildman–Crippen MR) is 72.2 cm³/mol. The van der Waals surface area contributed by atoms with Crippen molar-refractivity contribution in [1.82, 2.24) is 10.2 Å². The number of hydrogen-bond acceptors (Lipinski definition) is 4. The summed E-state index contributed by atoms with van der Waals surface area (Å²) in [6.45, 7) is 5.33. The van der Waals surface area contributed by atoms with Crippen LogP contribution in [0, 0.1) is 5.92 Å². The number of sulfone groups is 1. The van der Waals surface area contributed by atoms with E-state index in [4.69, 9.17) is 0 Å². The van der Waals surface area contributed by atoms with Crippen LogP contribution >= 0.6 is 0 Å². The van der Waals surface area contributed by atoms with Gasteiger partial charge in [-0.05, 0) is 38.3 Å². The number of rotatable bonds is 6. The van der Waals surface area contributed by atoms with Crippen molar-refractivity contribution >= 4 is 15.7 Å². The summed E-state index contributed by atoms with van der Waals surface area (Å²) in [5, 5.41) is 3.29. The highest BCUT2D eigenvalue weighted by molar-refractivity contribution is 7.91. The van der Waals surface area contributed by atoms with Crippen LogP contribution in [-0.4, -0.2) is 57.4 Å². The zero-order valence-electron chi connectivity index (χ0n) is 11.3. The Hall–Kier alpha value is -0.620. The maximum atomic E-state index is 12.0. The monoisotopic (exact) mass is 276 g/mol. The van der Waals surface area contributed by atoms with Crippen molar-refractivity contribution in [3.05, 3.63) is 0 Å². The number of carbonyl (C=O) groups is 1. The quantitative estimate of drug-likeness (QED) is 0.756. The lowest BCUT2D eigenvalue weighted by Crippen LogP contribution is -2.42. The van der Waals surface area contributed by atoms with Gasteiger partial charge in [-0.25, -0.2) is 8.42 Å². The van der Waals surface area contributed by atoms with E-state index in [1.165, 1.54) is 0 Å². The van der Waals surface area contributed by atoms with Gasteiger partial charge in [0.1, 0.15) is 5.75 Å². The van der Waals surface area contributed by atoms with Crippen molar-refractivity contribution in [3.8, 4) is 0 Å². The van der Waals surface area contributed by atoms with Gasteiger partial charge in [0.2, 0.25) is 5.91 Å². The molecule has 0 saturated carbocycles. The fourth-order valence-electron chi connectivity index (χ4n) is 2.28. The molecule has 1 aliphatic rings. The van der Waals surface area contributed by atoms with Crippen molar-refractivity contribution in [2.75, 3.05) is 38.2 Å². The Bertz CT molecular complexity index is 362. The largest absolute Gasteiger partial charge is 0.342 e. The summed E-state index contributed by atoms with van der Waals surface area (Å²) >= 11 is 0. The van der Waals surface area contributed by atoms with Crippen molar-refractivity contribution in [2.24, 2.45) is 5.92 Å².